The number of allylic oxidation sites excluding steroid dienone is 1. The number of carbonyl (C=O) groups excluding carboxylic acids is 1. The van der Waals surface area contributed by atoms with Crippen molar-refractivity contribution in [1.29, 1.82) is 0 Å². The number of halogens is 1. The normalized spacial score (nSPS) is 15.5. The van der Waals surface area contributed by atoms with Crippen LogP contribution in [0.2, 0.25) is 0 Å². The second-order valence-electron chi connectivity index (χ2n) is 7.70. The van der Waals surface area contributed by atoms with Crippen molar-refractivity contribution in [2.75, 3.05) is 20.3 Å². The van der Waals surface area contributed by atoms with Crippen LogP contribution in [0.15, 0.2) is 63.5 Å². The molecule has 2 aromatic carbocycles. The van der Waals surface area contributed by atoms with Gasteiger partial charge in [-0.2, -0.15) is 0 Å². The topological polar surface area (TPSA) is 79.1 Å². The fraction of sp³-hybridized carbons (Fsp3) is 0.269. The van der Waals surface area contributed by atoms with Gasteiger partial charge in [-0.1, -0.05) is 29.5 Å². The fourth-order valence-corrected chi connectivity index (χ4v) is 5.03. The van der Waals surface area contributed by atoms with Crippen LogP contribution in [0.3, 0.4) is 0 Å². The third kappa shape index (κ3) is 4.77. The van der Waals surface area contributed by atoms with Gasteiger partial charge in [0, 0.05) is 0 Å². The minimum atomic E-state index is -0.787. The number of thiazole rings is 1. The number of nitrogens with zero attached hydrogens (tertiary/aromatic N) is 2. The average molecular weight is 497 g/mol. The van der Waals surface area contributed by atoms with Gasteiger partial charge in [-0.3, -0.25) is 9.36 Å². The number of hydrogen-bond donors (Lipinski definition) is 0. The Morgan fingerprint density at radius 2 is 1.97 bits per heavy atom. The van der Waals surface area contributed by atoms with Gasteiger partial charge in [-0.05, 0) is 62.2 Å². The summed E-state index contributed by atoms with van der Waals surface area (Å²) in [4.78, 5) is 31.6. The number of aromatic nitrogens is 1. The molecule has 1 aliphatic heterocycles. The fourth-order valence-electron chi connectivity index (χ4n) is 3.99. The Morgan fingerprint density at radius 3 is 2.66 bits per heavy atom. The molecule has 1 atom stereocenters. The van der Waals surface area contributed by atoms with Crippen LogP contribution in [-0.4, -0.2) is 30.9 Å². The number of rotatable bonds is 7. The summed E-state index contributed by atoms with van der Waals surface area (Å²) in [6, 6.07) is 10.5. The summed E-state index contributed by atoms with van der Waals surface area (Å²) < 4.78 is 32.0. The van der Waals surface area contributed by atoms with Crippen molar-refractivity contribution < 1.29 is 23.4 Å². The molecule has 0 bridgehead atoms. The lowest BCUT2D eigenvalue weighted by Gasteiger charge is -2.25. The van der Waals surface area contributed by atoms with Gasteiger partial charge < -0.3 is 14.2 Å². The molecule has 0 spiro atoms. The van der Waals surface area contributed by atoms with Gasteiger partial charge in [0.2, 0.25) is 0 Å². The van der Waals surface area contributed by atoms with Crippen molar-refractivity contribution in [3.05, 3.63) is 90.4 Å². The molecule has 0 fully saturated rings. The van der Waals surface area contributed by atoms with Crippen LogP contribution >= 0.6 is 11.3 Å². The molecule has 0 amide bonds. The lowest BCUT2D eigenvalue weighted by atomic mass is 9.95. The van der Waals surface area contributed by atoms with Crippen LogP contribution < -0.4 is 24.4 Å². The van der Waals surface area contributed by atoms with Crippen LogP contribution in [0.4, 0.5) is 4.39 Å². The van der Waals surface area contributed by atoms with E-state index in [1.807, 2.05) is 6.92 Å². The molecule has 182 valence electrons. The minimum Gasteiger partial charge on any atom is -0.493 e. The highest BCUT2D eigenvalue weighted by atomic mass is 32.1. The predicted molar refractivity (Wildman–Crippen MR) is 131 cm³/mol. The maximum atomic E-state index is 13.7. The molecule has 35 heavy (non-hydrogen) atoms. The van der Waals surface area contributed by atoms with E-state index >= 15 is 0 Å². The minimum absolute atomic E-state index is 0.180. The van der Waals surface area contributed by atoms with E-state index in [0.29, 0.717) is 44.3 Å². The van der Waals surface area contributed by atoms with E-state index in [9.17, 15) is 14.0 Å². The first-order valence-corrected chi connectivity index (χ1v) is 12.0. The number of methoxy groups -OCH3 is 1. The molecule has 1 aliphatic rings. The highest BCUT2D eigenvalue weighted by molar-refractivity contribution is 7.07. The van der Waals surface area contributed by atoms with Crippen molar-refractivity contribution in [2.45, 2.75) is 26.8 Å². The quantitative estimate of drug-likeness (QED) is 0.469. The van der Waals surface area contributed by atoms with Crippen LogP contribution in [0.5, 0.6) is 11.5 Å². The smallest absolute Gasteiger partial charge is 0.338 e. The molecule has 2 heterocycles. The molecule has 0 N–H and O–H groups in total. The first kappa shape index (κ1) is 24.4. The molecule has 0 unspecified atom stereocenters. The van der Waals surface area contributed by atoms with Crippen molar-refractivity contribution in [2.24, 2.45) is 4.99 Å². The van der Waals surface area contributed by atoms with E-state index in [1.165, 1.54) is 28.0 Å². The maximum Gasteiger partial charge on any atom is 0.338 e. The summed E-state index contributed by atoms with van der Waals surface area (Å²) in [5.41, 5.74) is 1.58. The largest absolute Gasteiger partial charge is 0.493 e. The standard InChI is InChI=1S/C26H25FN2O5S/c1-5-33-20-14-17(10-11-19(20)32-4)23-22(25(31)34-6-2)15(3)28-26-29(23)24(30)21(35-26)13-16-8-7-9-18(27)12-16/h7-14,23H,5-6H2,1-4H3/b21-13-/t23-/m1/s1. The summed E-state index contributed by atoms with van der Waals surface area (Å²) in [5, 5.41) is 0. The lowest BCUT2D eigenvalue weighted by Crippen LogP contribution is -2.40. The molecule has 0 saturated heterocycles. The highest BCUT2D eigenvalue weighted by Gasteiger charge is 2.33. The van der Waals surface area contributed by atoms with Crippen molar-refractivity contribution in [3.8, 4) is 11.5 Å². The Balaban J connectivity index is 1.97. The van der Waals surface area contributed by atoms with Crippen molar-refractivity contribution in [3.63, 3.8) is 0 Å². The zero-order chi connectivity index (χ0) is 25.1. The molecule has 0 radical (unpaired) electrons. The Hall–Kier alpha value is -3.72. The third-order valence-electron chi connectivity index (χ3n) is 5.47. The molecular weight excluding hydrogens is 471 g/mol. The average Bonchev–Trinajstić information content (AvgIpc) is 3.12. The lowest BCUT2D eigenvalue weighted by molar-refractivity contribution is -0.139. The molecule has 0 saturated carbocycles. The zero-order valence-electron chi connectivity index (χ0n) is 19.8. The number of fused-ring (bicyclic) bond motifs is 1. The molecule has 4 rings (SSSR count). The molecular formula is C26H25FN2O5S. The van der Waals surface area contributed by atoms with E-state index < -0.39 is 17.8 Å². The summed E-state index contributed by atoms with van der Waals surface area (Å²) in [5.74, 6) is 0.0817. The SMILES string of the molecule is CCOC(=O)C1=C(C)N=c2s/c(=C\c3cccc(F)c3)c(=O)n2[C@@H]1c1ccc(OC)c(OCC)c1. The van der Waals surface area contributed by atoms with Gasteiger partial charge in [-0.25, -0.2) is 14.2 Å². The van der Waals surface area contributed by atoms with E-state index in [-0.39, 0.29) is 17.7 Å². The first-order chi connectivity index (χ1) is 16.9. The highest BCUT2D eigenvalue weighted by Crippen LogP contribution is 2.36. The Kier molecular flexibility index (Phi) is 7.16. The summed E-state index contributed by atoms with van der Waals surface area (Å²) >= 11 is 1.18. The van der Waals surface area contributed by atoms with Gasteiger partial charge in [0.25, 0.3) is 5.56 Å². The van der Waals surface area contributed by atoms with Crippen molar-refractivity contribution in [1.82, 2.24) is 4.57 Å². The summed E-state index contributed by atoms with van der Waals surface area (Å²) in [7, 11) is 1.54. The Morgan fingerprint density at radius 1 is 1.17 bits per heavy atom. The zero-order valence-corrected chi connectivity index (χ0v) is 20.6. The van der Waals surface area contributed by atoms with Crippen molar-refractivity contribution >= 4 is 23.4 Å². The van der Waals surface area contributed by atoms with Gasteiger partial charge >= 0.3 is 5.97 Å². The van der Waals surface area contributed by atoms with Gasteiger partial charge in [0.1, 0.15) is 5.82 Å². The van der Waals surface area contributed by atoms with Gasteiger partial charge in [-0.15, -0.1) is 0 Å². The molecule has 9 heteroatoms. The van der Waals surface area contributed by atoms with Crippen LogP contribution in [-0.2, 0) is 9.53 Å². The van der Waals surface area contributed by atoms with E-state index in [2.05, 4.69) is 4.99 Å². The summed E-state index contributed by atoms with van der Waals surface area (Å²) in [6.07, 6.45) is 1.62. The molecule has 7 nitrogen and oxygen atoms in total. The monoisotopic (exact) mass is 496 g/mol. The third-order valence-corrected chi connectivity index (χ3v) is 6.45. The number of esters is 1. The van der Waals surface area contributed by atoms with E-state index in [4.69, 9.17) is 14.2 Å². The first-order valence-electron chi connectivity index (χ1n) is 11.1. The van der Waals surface area contributed by atoms with Crippen LogP contribution in [0, 0.1) is 5.82 Å². The Bertz CT molecular complexity index is 1490. The number of ether oxygens (including phenoxy) is 3. The predicted octanol–water partition coefficient (Wildman–Crippen LogP) is 3.34. The summed E-state index contributed by atoms with van der Waals surface area (Å²) in [6.45, 7) is 5.89. The maximum absolute atomic E-state index is 13.7. The Labute approximate surface area is 205 Å². The second kappa shape index (κ2) is 10.3. The molecule has 1 aromatic heterocycles. The van der Waals surface area contributed by atoms with Crippen LogP contribution in [0.25, 0.3) is 6.08 Å². The molecule has 3 aromatic rings. The van der Waals surface area contributed by atoms with E-state index in [0.717, 1.165) is 0 Å². The number of benzene rings is 2. The molecule has 0 aliphatic carbocycles. The number of hydrogen-bond acceptors (Lipinski definition) is 7. The second-order valence-corrected chi connectivity index (χ2v) is 8.71. The number of carbonyl (C=O) groups is 1. The van der Waals surface area contributed by atoms with Gasteiger partial charge in [0.15, 0.2) is 16.3 Å². The van der Waals surface area contributed by atoms with Gasteiger partial charge in [0.05, 0.1) is 42.2 Å². The van der Waals surface area contributed by atoms with Crippen LogP contribution in [0.1, 0.15) is 37.9 Å². The van der Waals surface area contributed by atoms with E-state index in [1.54, 1.807) is 57.4 Å².